The summed E-state index contributed by atoms with van der Waals surface area (Å²) in [6, 6.07) is 10.6. The van der Waals surface area contributed by atoms with E-state index in [9.17, 15) is 17.6 Å². The van der Waals surface area contributed by atoms with Gasteiger partial charge in [0.2, 0.25) is 10.0 Å². The van der Waals surface area contributed by atoms with Crippen LogP contribution in [0.25, 0.3) is 10.2 Å². The number of rotatable bonds is 8. The van der Waals surface area contributed by atoms with Gasteiger partial charge >= 0.3 is 0 Å². The fourth-order valence-corrected chi connectivity index (χ4v) is 7.45. The third-order valence-electron chi connectivity index (χ3n) is 7.08. The number of nitrogens with zero attached hydrogens (tertiary/aromatic N) is 4. The van der Waals surface area contributed by atoms with E-state index in [2.05, 4.69) is 9.88 Å². The van der Waals surface area contributed by atoms with Crippen LogP contribution in [0.1, 0.15) is 42.5 Å². The van der Waals surface area contributed by atoms with Gasteiger partial charge in [-0.05, 0) is 61.7 Å². The Morgan fingerprint density at radius 1 is 1.00 bits per heavy atom. The first-order valence-corrected chi connectivity index (χ1v) is 15.5. The number of benzene rings is 2. The summed E-state index contributed by atoms with van der Waals surface area (Å²) < 4.78 is 47.8. The van der Waals surface area contributed by atoms with Gasteiger partial charge < -0.3 is 4.74 Å². The molecule has 0 radical (unpaired) electrons. The first kappa shape index (κ1) is 27.1. The molecule has 5 rings (SSSR count). The largest absolute Gasteiger partial charge is 0.379 e. The number of carbonyl (C=O) groups is 1. The van der Waals surface area contributed by atoms with E-state index in [0.717, 1.165) is 51.7 Å². The van der Waals surface area contributed by atoms with Crippen molar-refractivity contribution in [3.05, 3.63) is 53.8 Å². The summed E-state index contributed by atoms with van der Waals surface area (Å²) in [7, 11) is -3.60. The number of morpholine rings is 1. The lowest BCUT2D eigenvalue weighted by Crippen LogP contribution is -2.39. The molecule has 1 amide bonds. The topological polar surface area (TPSA) is 83.1 Å². The second-order valence-electron chi connectivity index (χ2n) is 9.72. The lowest BCUT2D eigenvalue weighted by atomic mass is 10.2. The maximum Gasteiger partial charge on any atom is 0.260 e. The number of fused-ring (bicyclic) bond motifs is 1. The molecular formula is C27H33FN4O4S2. The number of ether oxygens (including phenoxy) is 1. The van der Waals surface area contributed by atoms with Crippen molar-refractivity contribution in [3.63, 3.8) is 0 Å². The van der Waals surface area contributed by atoms with Crippen LogP contribution in [0, 0.1) is 5.82 Å². The number of thiazole rings is 1. The summed E-state index contributed by atoms with van der Waals surface area (Å²) >= 11 is 1.27. The van der Waals surface area contributed by atoms with Gasteiger partial charge in [-0.25, -0.2) is 17.8 Å². The number of hydrogen-bond acceptors (Lipinski definition) is 7. The second-order valence-corrected chi connectivity index (χ2v) is 12.7. The molecule has 2 aliphatic rings. The maximum atomic E-state index is 13.8. The van der Waals surface area contributed by atoms with E-state index in [-0.39, 0.29) is 16.6 Å². The maximum absolute atomic E-state index is 13.8. The van der Waals surface area contributed by atoms with Gasteiger partial charge in [0, 0.05) is 44.8 Å². The normalized spacial score (nSPS) is 17.9. The van der Waals surface area contributed by atoms with Crippen LogP contribution in [-0.2, 0) is 14.8 Å². The van der Waals surface area contributed by atoms with Crippen LogP contribution in [-0.4, -0.2) is 81.0 Å². The lowest BCUT2D eigenvalue weighted by Gasteiger charge is -2.27. The zero-order valence-corrected chi connectivity index (χ0v) is 23.0. The molecule has 8 nitrogen and oxygen atoms in total. The summed E-state index contributed by atoms with van der Waals surface area (Å²) in [6.07, 6.45) is 4.54. The zero-order valence-electron chi connectivity index (χ0n) is 21.4. The van der Waals surface area contributed by atoms with Crippen molar-refractivity contribution in [2.45, 2.75) is 37.0 Å². The molecule has 11 heteroatoms. The van der Waals surface area contributed by atoms with E-state index in [1.54, 1.807) is 27.4 Å². The highest BCUT2D eigenvalue weighted by Gasteiger charge is 2.27. The number of amides is 1. The molecule has 1 aromatic heterocycles. The number of sulfonamides is 1. The molecule has 0 aliphatic carbocycles. The highest BCUT2D eigenvalue weighted by atomic mass is 32.2. The molecule has 2 fully saturated rings. The predicted octanol–water partition coefficient (Wildman–Crippen LogP) is 4.37. The van der Waals surface area contributed by atoms with Crippen LogP contribution in [0.3, 0.4) is 0 Å². The average molecular weight is 561 g/mol. The van der Waals surface area contributed by atoms with E-state index in [1.807, 2.05) is 0 Å². The third-order valence-corrected chi connectivity index (χ3v) is 10.0. The van der Waals surface area contributed by atoms with Gasteiger partial charge in [-0.1, -0.05) is 24.2 Å². The smallest absolute Gasteiger partial charge is 0.260 e. The summed E-state index contributed by atoms with van der Waals surface area (Å²) in [6.45, 7) is 5.45. The summed E-state index contributed by atoms with van der Waals surface area (Å²) in [5.74, 6) is -0.607. The Hall–Kier alpha value is -2.44. The van der Waals surface area contributed by atoms with Crippen molar-refractivity contribution in [2.75, 3.05) is 57.4 Å². The Bertz CT molecular complexity index is 1350. The van der Waals surface area contributed by atoms with Gasteiger partial charge in [0.1, 0.15) is 5.82 Å². The molecule has 0 spiro atoms. The standard InChI is InChI=1S/C27H33FN4O4S2/c28-22-8-11-24-25(20-22)37-27(29-24)32(15-5-12-30-16-18-36-19-17-30)26(33)21-6-9-23(10-7-21)38(34,35)31-13-3-1-2-4-14-31/h6-11,20H,1-5,12-19H2. The molecule has 0 saturated carbocycles. The monoisotopic (exact) mass is 560 g/mol. The zero-order chi connectivity index (χ0) is 26.5. The summed E-state index contributed by atoms with van der Waals surface area (Å²) in [5, 5.41) is 0.499. The fourth-order valence-electron chi connectivity index (χ4n) is 4.92. The minimum atomic E-state index is -3.60. The molecule has 0 N–H and O–H groups in total. The van der Waals surface area contributed by atoms with Gasteiger partial charge in [-0.3, -0.25) is 14.6 Å². The first-order chi connectivity index (χ1) is 18.4. The molecule has 2 aliphatic heterocycles. The van der Waals surface area contributed by atoms with Gasteiger partial charge in [0.15, 0.2) is 5.13 Å². The molecule has 38 heavy (non-hydrogen) atoms. The van der Waals surface area contributed by atoms with Crippen LogP contribution in [0.5, 0.6) is 0 Å². The predicted molar refractivity (Wildman–Crippen MR) is 147 cm³/mol. The number of halogens is 1. The number of anilines is 1. The molecular weight excluding hydrogens is 527 g/mol. The first-order valence-electron chi connectivity index (χ1n) is 13.2. The van der Waals surface area contributed by atoms with Gasteiger partial charge in [0.25, 0.3) is 5.91 Å². The van der Waals surface area contributed by atoms with Crippen molar-refractivity contribution < 1.29 is 22.3 Å². The fraction of sp³-hybridized carbons (Fsp3) is 0.481. The molecule has 2 saturated heterocycles. The molecule has 3 aromatic rings. The van der Waals surface area contributed by atoms with Crippen LogP contribution in [0.4, 0.5) is 9.52 Å². The Balaban J connectivity index is 1.36. The van der Waals surface area contributed by atoms with Crippen LogP contribution in [0.2, 0.25) is 0 Å². The van der Waals surface area contributed by atoms with Crippen molar-refractivity contribution in [3.8, 4) is 0 Å². The van der Waals surface area contributed by atoms with Crippen LogP contribution < -0.4 is 4.90 Å². The van der Waals surface area contributed by atoms with E-state index in [1.165, 1.54) is 35.6 Å². The van der Waals surface area contributed by atoms with Gasteiger partial charge in [0.05, 0.1) is 28.3 Å². The van der Waals surface area contributed by atoms with E-state index in [0.29, 0.717) is 53.8 Å². The SMILES string of the molecule is O=C(c1ccc(S(=O)(=O)N2CCCCCC2)cc1)N(CCCN1CCOCC1)c1nc2ccc(F)cc2s1. The molecule has 2 aromatic carbocycles. The molecule has 0 bridgehead atoms. The molecule has 0 unspecified atom stereocenters. The van der Waals surface area contributed by atoms with Gasteiger partial charge in [-0.15, -0.1) is 0 Å². The van der Waals surface area contributed by atoms with Crippen molar-refractivity contribution >= 4 is 42.6 Å². The number of hydrogen-bond donors (Lipinski definition) is 0. The van der Waals surface area contributed by atoms with E-state index < -0.39 is 10.0 Å². The van der Waals surface area contributed by atoms with Crippen molar-refractivity contribution in [2.24, 2.45) is 0 Å². The van der Waals surface area contributed by atoms with Crippen LogP contribution >= 0.6 is 11.3 Å². The highest BCUT2D eigenvalue weighted by Crippen LogP contribution is 2.31. The minimum Gasteiger partial charge on any atom is -0.379 e. The van der Waals surface area contributed by atoms with E-state index in [4.69, 9.17) is 4.74 Å². The number of aromatic nitrogens is 1. The van der Waals surface area contributed by atoms with E-state index >= 15 is 0 Å². The Morgan fingerprint density at radius 3 is 2.42 bits per heavy atom. The van der Waals surface area contributed by atoms with Crippen molar-refractivity contribution in [1.29, 1.82) is 0 Å². The average Bonchev–Trinajstić information content (AvgIpc) is 3.14. The molecule has 0 atom stereocenters. The Labute approximate surface area is 227 Å². The second kappa shape index (κ2) is 12.2. The number of carbonyl (C=O) groups excluding carboxylic acids is 1. The Kier molecular flexibility index (Phi) is 8.69. The summed E-state index contributed by atoms with van der Waals surface area (Å²) in [5.41, 5.74) is 1.02. The van der Waals surface area contributed by atoms with Crippen LogP contribution in [0.15, 0.2) is 47.4 Å². The van der Waals surface area contributed by atoms with Crippen molar-refractivity contribution in [1.82, 2.24) is 14.2 Å². The quantitative estimate of drug-likeness (QED) is 0.407. The lowest BCUT2D eigenvalue weighted by molar-refractivity contribution is 0.0376. The molecule has 3 heterocycles. The molecule has 204 valence electrons. The highest BCUT2D eigenvalue weighted by molar-refractivity contribution is 7.89. The third kappa shape index (κ3) is 6.23. The Morgan fingerprint density at radius 2 is 1.71 bits per heavy atom. The minimum absolute atomic E-state index is 0.199. The summed E-state index contributed by atoms with van der Waals surface area (Å²) in [4.78, 5) is 22.5. The van der Waals surface area contributed by atoms with Gasteiger partial charge in [-0.2, -0.15) is 4.31 Å².